The van der Waals surface area contributed by atoms with Crippen LogP contribution in [-0.2, 0) is 0 Å². The maximum atomic E-state index is 9.29. The first-order valence-electron chi connectivity index (χ1n) is 3.13. The molecule has 0 fully saturated rings. The molecule has 0 bridgehead atoms. The van der Waals surface area contributed by atoms with E-state index in [0.717, 1.165) is 10.5 Å². The van der Waals surface area contributed by atoms with Crippen molar-refractivity contribution in [2.24, 2.45) is 0 Å². The van der Waals surface area contributed by atoms with E-state index in [2.05, 4.69) is 11.6 Å². The summed E-state index contributed by atoms with van der Waals surface area (Å²) in [6, 6.07) is 0. The second kappa shape index (κ2) is 3.44. The van der Waals surface area contributed by atoms with E-state index in [4.69, 9.17) is 0 Å². The van der Waals surface area contributed by atoms with Crippen LogP contribution >= 0.6 is 11.8 Å². The molecule has 0 spiro atoms. The highest BCUT2D eigenvalue weighted by atomic mass is 32.2. The summed E-state index contributed by atoms with van der Waals surface area (Å²) in [5.41, 5.74) is 0.873. The Morgan fingerprint density at radius 1 is 1.64 bits per heavy atom. The Morgan fingerprint density at radius 3 is 2.82 bits per heavy atom. The van der Waals surface area contributed by atoms with E-state index in [9.17, 15) is 5.11 Å². The highest BCUT2D eigenvalue weighted by molar-refractivity contribution is 7.98. The van der Waals surface area contributed by atoms with Crippen molar-refractivity contribution in [3.05, 3.63) is 24.5 Å². The fraction of sp³-hybridized carbons (Fsp3) is 0.125. The van der Waals surface area contributed by atoms with Crippen molar-refractivity contribution in [2.75, 3.05) is 6.26 Å². The van der Waals surface area contributed by atoms with Gasteiger partial charge in [0.1, 0.15) is 5.75 Å². The van der Waals surface area contributed by atoms with Crippen molar-refractivity contribution in [1.82, 2.24) is 4.98 Å². The van der Waals surface area contributed by atoms with Gasteiger partial charge in [-0.1, -0.05) is 12.7 Å². The highest BCUT2D eigenvalue weighted by Crippen LogP contribution is 2.29. The molecule has 0 aliphatic rings. The van der Waals surface area contributed by atoms with Crippen molar-refractivity contribution in [2.45, 2.75) is 4.90 Å². The minimum atomic E-state index is 0.218. The molecule has 0 atom stereocenters. The van der Waals surface area contributed by atoms with E-state index in [-0.39, 0.29) is 5.75 Å². The molecule has 0 saturated carbocycles. The number of hydrogen-bond acceptors (Lipinski definition) is 3. The highest BCUT2D eigenvalue weighted by Gasteiger charge is 2.02. The molecule has 0 radical (unpaired) electrons. The van der Waals surface area contributed by atoms with E-state index in [1.165, 1.54) is 18.0 Å². The zero-order chi connectivity index (χ0) is 8.27. The molecule has 0 aliphatic carbocycles. The lowest BCUT2D eigenvalue weighted by Crippen LogP contribution is -1.81. The van der Waals surface area contributed by atoms with Crippen molar-refractivity contribution in [3.8, 4) is 5.75 Å². The molecule has 11 heavy (non-hydrogen) atoms. The number of aromatic nitrogens is 1. The molecule has 1 N–H and O–H groups in total. The number of pyridine rings is 1. The molecule has 2 nitrogen and oxygen atoms in total. The van der Waals surface area contributed by atoms with Crippen LogP contribution in [0.1, 0.15) is 5.56 Å². The van der Waals surface area contributed by atoms with Crippen molar-refractivity contribution in [1.29, 1.82) is 0 Å². The van der Waals surface area contributed by atoms with Gasteiger partial charge in [0, 0.05) is 11.8 Å². The summed E-state index contributed by atoms with van der Waals surface area (Å²) < 4.78 is 0. The number of nitrogens with zero attached hydrogens (tertiary/aromatic N) is 1. The Morgan fingerprint density at radius 2 is 2.36 bits per heavy atom. The molecule has 0 aromatic carbocycles. The first kappa shape index (κ1) is 8.14. The molecular formula is C8H9NOS. The quantitative estimate of drug-likeness (QED) is 0.685. The van der Waals surface area contributed by atoms with Crippen LogP contribution in [0.25, 0.3) is 6.08 Å². The second-order valence-electron chi connectivity index (χ2n) is 1.99. The minimum absolute atomic E-state index is 0.218. The van der Waals surface area contributed by atoms with Gasteiger partial charge in [0.05, 0.1) is 11.1 Å². The van der Waals surface area contributed by atoms with Gasteiger partial charge in [-0.25, -0.2) is 0 Å². The third-order valence-corrected chi connectivity index (χ3v) is 2.18. The Labute approximate surface area is 70.0 Å². The van der Waals surface area contributed by atoms with E-state index < -0.39 is 0 Å². The summed E-state index contributed by atoms with van der Waals surface area (Å²) in [6.07, 6.45) is 6.69. The summed E-state index contributed by atoms with van der Waals surface area (Å²) in [4.78, 5) is 4.66. The SMILES string of the molecule is C=Cc1cncc(O)c1SC. The van der Waals surface area contributed by atoms with Crippen LogP contribution in [0.2, 0.25) is 0 Å². The van der Waals surface area contributed by atoms with Crippen LogP contribution in [0, 0.1) is 0 Å². The first-order valence-corrected chi connectivity index (χ1v) is 4.35. The maximum Gasteiger partial charge on any atom is 0.148 e. The van der Waals surface area contributed by atoms with Crippen molar-refractivity contribution >= 4 is 17.8 Å². The standard InChI is InChI=1S/C8H9NOS/c1-3-6-4-9-5-7(10)8(6)11-2/h3-5,10H,1H2,2H3. The van der Waals surface area contributed by atoms with Crippen LogP contribution in [0.3, 0.4) is 0 Å². The van der Waals surface area contributed by atoms with E-state index in [1.54, 1.807) is 12.3 Å². The van der Waals surface area contributed by atoms with Crippen LogP contribution < -0.4 is 0 Å². The Hall–Kier alpha value is -0.960. The van der Waals surface area contributed by atoms with Gasteiger partial charge in [0.2, 0.25) is 0 Å². The second-order valence-corrected chi connectivity index (χ2v) is 2.80. The summed E-state index contributed by atoms with van der Waals surface area (Å²) in [5, 5.41) is 9.29. The largest absolute Gasteiger partial charge is 0.505 e. The number of rotatable bonds is 2. The molecule has 1 rings (SSSR count). The van der Waals surface area contributed by atoms with Crippen LogP contribution in [0.5, 0.6) is 5.75 Å². The van der Waals surface area contributed by atoms with Gasteiger partial charge in [-0.05, 0) is 6.26 Å². The van der Waals surface area contributed by atoms with Gasteiger partial charge in [0.25, 0.3) is 0 Å². The Kier molecular flexibility index (Phi) is 2.54. The molecule has 0 amide bonds. The zero-order valence-corrected chi connectivity index (χ0v) is 7.06. The Bertz CT molecular complexity index is 273. The van der Waals surface area contributed by atoms with Crippen molar-refractivity contribution < 1.29 is 5.11 Å². The average Bonchev–Trinajstić information content (AvgIpc) is 2.04. The summed E-state index contributed by atoms with van der Waals surface area (Å²) >= 11 is 1.49. The molecular weight excluding hydrogens is 158 g/mol. The molecule has 1 aromatic rings. The van der Waals surface area contributed by atoms with Gasteiger partial charge in [-0.2, -0.15) is 0 Å². The molecule has 1 aromatic heterocycles. The Balaban J connectivity index is 3.23. The van der Waals surface area contributed by atoms with Gasteiger partial charge in [-0.15, -0.1) is 11.8 Å². The van der Waals surface area contributed by atoms with Crippen LogP contribution in [-0.4, -0.2) is 16.3 Å². The number of aromatic hydroxyl groups is 1. The number of thioether (sulfide) groups is 1. The van der Waals surface area contributed by atoms with Gasteiger partial charge in [0.15, 0.2) is 0 Å². The molecule has 3 heteroatoms. The predicted molar refractivity (Wildman–Crippen MR) is 47.8 cm³/mol. The van der Waals surface area contributed by atoms with Crippen LogP contribution in [0.15, 0.2) is 23.9 Å². The number of hydrogen-bond donors (Lipinski definition) is 1. The van der Waals surface area contributed by atoms with Gasteiger partial charge in [-0.3, -0.25) is 4.98 Å². The summed E-state index contributed by atoms with van der Waals surface area (Å²) in [6.45, 7) is 3.62. The maximum absolute atomic E-state index is 9.29. The third-order valence-electron chi connectivity index (χ3n) is 1.33. The lowest BCUT2D eigenvalue weighted by Gasteiger charge is -2.02. The van der Waals surface area contributed by atoms with E-state index >= 15 is 0 Å². The monoisotopic (exact) mass is 167 g/mol. The third kappa shape index (κ3) is 1.54. The molecule has 0 saturated heterocycles. The summed E-state index contributed by atoms with van der Waals surface area (Å²) in [7, 11) is 0. The summed E-state index contributed by atoms with van der Waals surface area (Å²) in [5.74, 6) is 0.218. The smallest absolute Gasteiger partial charge is 0.148 e. The molecule has 0 unspecified atom stereocenters. The lowest BCUT2D eigenvalue weighted by molar-refractivity contribution is 0.459. The minimum Gasteiger partial charge on any atom is -0.505 e. The zero-order valence-electron chi connectivity index (χ0n) is 6.24. The first-order chi connectivity index (χ1) is 5.29. The van der Waals surface area contributed by atoms with E-state index in [0.29, 0.717) is 0 Å². The van der Waals surface area contributed by atoms with E-state index in [1.807, 2.05) is 6.26 Å². The fourth-order valence-electron chi connectivity index (χ4n) is 0.821. The topological polar surface area (TPSA) is 33.1 Å². The van der Waals surface area contributed by atoms with Crippen molar-refractivity contribution in [3.63, 3.8) is 0 Å². The molecule has 1 heterocycles. The molecule has 58 valence electrons. The lowest BCUT2D eigenvalue weighted by atomic mass is 10.3. The normalized spacial score (nSPS) is 9.55. The fourth-order valence-corrected chi connectivity index (χ4v) is 1.45. The van der Waals surface area contributed by atoms with Gasteiger partial charge < -0.3 is 5.11 Å². The average molecular weight is 167 g/mol. The molecule has 0 aliphatic heterocycles. The van der Waals surface area contributed by atoms with Gasteiger partial charge >= 0.3 is 0 Å². The van der Waals surface area contributed by atoms with Crippen LogP contribution in [0.4, 0.5) is 0 Å². The predicted octanol–water partition coefficient (Wildman–Crippen LogP) is 2.15.